The van der Waals surface area contributed by atoms with E-state index < -0.39 is 35.1 Å². The van der Waals surface area contributed by atoms with Gasteiger partial charge in [-0.3, -0.25) is 4.79 Å². The molecule has 2 aromatic rings. The number of nitrogens with one attached hydrogen (secondary N) is 3. The number of rotatable bonds is 6. The van der Waals surface area contributed by atoms with Crippen molar-refractivity contribution < 1.29 is 31.9 Å². The highest BCUT2D eigenvalue weighted by Crippen LogP contribution is 2.30. The third-order valence-electron chi connectivity index (χ3n) is 3.87. The SMILES string of the molecule is COC(=O)[C@@](NNc1ccccc1C)(NC(=O)c1ccccc1F)C(F)(F)F. The number of carbonyl (C=O) groups excluding carboxylic acids is 2. The fourth-order valence-electron chi connectivity index (χ4n) is 2.30. The maximum absolute atomic E-state index is 13.9. The molecule has 0 saturated carbocycles. The quantitative estimate of drug-likeness (QED) is 0.301. The molecular weight excluding hydrogens is 382 g/mol. The fourth-order valence-corrected chi connectivity index (χ4v) is 2.30. The zero-order valence-electron chi connectivity index (χ0n) is 14.9. The summed E-state index contributed by atoms with van der Waals surface area (Å²) in [6, 6.07) is 10.7. The molecule has 28 heavy (non-hydrogen) atoms. The number of halogens is 4. The van der Waals surface area contributed by atoms with Crippen LogP contribution in [0.15, 0.2) is 48.5 Å². The lowest BCUT2D eigenvalue weighted by molar-refractivity contribution is -0.215. The molecule has 0 aliphatic heterocycles. The molecule has 0 fully saturated rings. The van der Waals surface area contributed by atoms with Crippen LogP contribution in [-0.4, -0.2) is 30.8 Å². The number of ether oxygens (including phenoxy) is 1. The summed E-state index contributed by atoms with van der Waals surface area (Å²) in [4.78, 5) is 24.4. The minimum absolute atomic E-state index is 0.222. The molecule has 0 spiro atoms. The van der Waals surface area contributed by atoms with Crippen LogP contribution in [-0.2, 0) is 9.53 Å². The van der Waals surface area contributed by atoms with Gasteiger partial charge in [-0.15, -0.1) is 0 Å². The summed E-state index contributed by atoms with van der Waals surface area (Å²) in [6.45, 7) is 1.62. The Labute approximate surface area is 157 Å². The Kier molecular flexibility index (Phi) is 6.24. The smallest absolute Gasteiger partial charge is 0.438 e. The van der Waals surface area contributed by atoms with Crippen molar-refractivity contribution in [1.82, 2.24) is 10.7 Å². The molecule has 1 atom stereocenters. The summed E-state index contributed by atoms with van der Waals surface area (Å²) in [5, 5.41) is 1.52. The van der Waals surface area contributed by atoms with Gasteiger partial charge in [0.15, 0.2) is 0 Å². The molecule has 0 heterocycles. The zero-order chi connectivity index (χ0) is 20.9. The van der Waals surface area contributed by atoms with Crippen molar-refractivity contribution in [2.75, 3.05) is 12.5 Å². The van der Waals surface area contributed by atoms with Gasteiger partial charge < -0.3 is 15.5 Å². The first-order chi connectivity index (χ1) is 13.1. The normalized spacial score (nSPS) is 13.4. The Morgan fingerprint density at radius 2 is 1.61 bits per heavy atom. The number of amides is 1. The van der Waals surface area contributed by atoms with Crippen molar-refractivity contribution in [2.24, 2.45) is 0 Å². The van der Waals surface area contributed by atoms with Crippen LogP contribution in [0.1, 0.15) is 15.9 Å². The summed E-state index contributed by atoms with van der Waals surface area (Å²) in [7, 11) is 0.730. The number of alkyl halides is 3. The van der Waals surface area contributed by atoms with Crippen LogP contribution in [0.3, 0.4) is 0 Å². The van der Waals surface area contributed by atoms with E-state index in [0.717, 1.165) is 19.2 Å². The van der Waals surface area contributed by atoms with Crippen molar-refractivity contribution in [3.63, 3.8) is 0 Å². The number of benzene rings is 2. The summed E-state index contributed by atoms with van der Waals surface area (Å²) < 4.78 is 59.7. The van der Waals surface area contributed by atoms with Gasteiger partial charge in [0.05, 0.1) is 18.4 Å². The van der Waals surface area contributed by atoms with E-state index in [-0.39, 0.29) is 5.69 Å². The topological polar surface area (TPSA) is 79.5 Å². The number of hydrogen-bond donors (Lipinski definition) is 3. The third kappa shape index (κ3) is 4.22. The van der Waals surface area contributed by atoms with Gasteiger partial charge in [0, 0.05) is 0 Å². The second kappa shape index (κ2) is 8.26. The van der Waals surface area contributed by atoms with E-state index in [1.54, 1.807) is 30.5 Å². The number of methoxy groups -OCH3 is 1. The number of carbonyl (C=O) groups is 2. The lowest BCUT2D eigenvalue weighted by Gasteiger charge is -2.34. The Morgan fingerprint density at radius 3 is 2.18 bits per heavy atom. The van der Waals surface area contributed by atoms with E-state index in [4.69, 9.17) is 0 Å². The first-order valence-electron chi connectivity index (χ1n) is 7.93. The number of hydrazine groups is 1. The van der Waals surface area contributed by atoms with E-state index in [1.165, 1.54) is 23.5 Å². The molecular formula is C18H17F4N3O3. The molecule has 0 aliphatic rings. The molecule has 3 N–H and O–H groups in total. The number of aryl methyl sites for hydroxylation is 1. The highest BCUT2D eigenvalue weighted by atomic mass is 19.4. The number of para-hydroxylation sites is 1. The molecule has 2 aromatic carbocycles. The van der Waals surface area contributed by atoms with Gasteiger partial charge in [-0.05, 0) is 30.7 Å². The van der Waals surface area contributed by atoms with Gasteiger partial charge in [0.25, 0.3) is 5.91 Å². The van der Waals surface area contributed by atoms with Crippen LogP contribution in [0.2, 0.25) is 0 Å². The van der Waals surface area contributed by atoms with Gasteiger partial charge in [0.2, 0.25) is 0 Å². The standard InChI is InChI=1S/C18H17F4N3O3/c1-11-7-3-6-10-14(11)24-25-17(16(27)28-2,18(20,21)22)23-15(26)12-8-4-5-9-13(12)19/h3-10,24-25H,1-2H3,(H,23,26)/t17-/m0/s1. The Balaban J connectivity index is 2.43. The third-order valence-corrected chi connectivity index (χ3v) is 3.87. The number of anilines is 1. The van der Waals surface area contributed by atoms with Gasteiger partial charge in [-0.25, -0.2) is 9.18 Å². The maximum atomic E-state index is 13.9. The van der Waals surface area contributed by atoms with Crippen molar-refractivity contribution in [2.45, 2.75) is 18.8 Å². The molecule has 0 bridgehead atoms. The predicted molar refractivity (Wildman–Crippen MR) is 92.6 cm³/mol. The highest BCUT2D eigenvalue weighted by molar-refractivity contribution is 5.98. The van der Waals surface area contributed by atoms with Gasteiger partial charge >= 0.3 is 17.8 Å². The van der Waals surface area contributed by atoms with Crippen LogP contribution in [0, 0.1) is 12.7 Å². The lowest BCUT2D eigenvalue weighted by atomic mass is 10.1. The number of hydrogen-bond acceptors (Lipinski definition) is 5. The molecule has 10 heteroatoms. The van der Waals surface area contributed by atoms with Crippen molar-refractivity contribution in [3.05, 3.63) is 65.5 Å². The second-order valence-electron chi connectivity index (χ2n) is 5.74. The van der Waals surface area contributed by atoms with Crippen LogP contribution < -0.4 is 16.2 Å². The van der Waals surface area contributed by atoms with Crippen LogP contribution in [0.25, 0.3) is 0 Å². The molecule has 0 saturated heterocycles. The average molecular weight is 399 g/mol. The highest BCUT2D eigenvalue weighted by Gasteiger charge is 2.63. The molecule has 2 rings (SSSR count). The minimum atomic E-state index is -5.34. The van der Waals surface area contributed by atoms with Crippen LogP contribution in [0.5, 0.6) is 0 Å². The average Bonchev–Trinajstić information content (AvgIpc) is 2.64. The predicted octanol–water partition coefficient (Wildman–Crippen LogP) is 2.91. The monoisotopic (exact) mass is 399 g/mol. The van der Waals surface area contributed by atoms with E-state index in [0.29, 0.717) is 5.56 Å². The molecule has 0 aromatic heterocycles. The van der Waals surface area contributed by atoms with Crippen LogP contribution >= 0.6 is 0 Å². The molecule has 6 nitrogen and oxygen atoms in total. The zero-order valence-corrected chi connectivity index (χ0v) is 14.9. The number of esters is 1. The van der Waals surface area contributed by atoms with Gasteiger partial charge in [-0.1, -0.05) is 30.3 Å². The lowest BCUT2D eigenvalue weighted by Crippen LogP contribution is -2.73. The molecule has 0 aliphatic carbocycles. The van der Waals surface area contributed by atoms with Gasteiger partial charge in [-0.2, -0.15) is 18.6 Å². The first-order valence-corrected chi connectivity index (χ1v) is 7.93. The van der Waals surface area contributed by atoms with E-state index in [2.05, 4.69) is 10.2 Å². The maximum Gasteiger partial charge on any atom is 0.438 e. The molecule has 150 valence electrons. The summed E-state index contributed by atoms with van der Waals surface area (Å²) >= 11 is 0. The summed E-state index contributed by atoms with van der Waals surface area (Å²) in [6.07, 6.45) is -5.34. The summed E-state index contributed by atoms with van der Waals surface area (Å²) in [5.74, 6) is -4.35. The Hall–Kier alpha value is -3.14. The Bertz CT molecular complexity index is 873. The summed E-state index contributed by atoms with van der Waals surface area (Å²) in [5.41, 5.74) is 0.507. The minimum Gasteiger partial charge on any atom is -0.466 e. The molecule has 0 unspecified atom stereocenters. The van der Waals surface area contributed by atoms with Crippen molar-refractivity contribution >= 4 is 17.6 Å². The first kappa shape index (κ1) is 21.2. The van der Waals surface area contributed by atoms with E-state index in [1.807, 2.05) is 0 Å². The Morgan fingerprint density at radius 1 is 1.00 bits per heavy atom. The largest absolute Gasteiger partial charge is 0.466 e. The van der Waals surface area contributed by atoms with E-state index in [9.17, 15) is 27.2 Å². The fraction of sp³-hybridized carbons (Fsp3) is 0.222. The van der Waals surface area contributed by atoms with Crippen molar-refractivity contribution in [3.8, 4) is 0 Å². The molecule has 0 radical (unpaired) electrons. The van der Waals surface area contributed by atoms with Gasteiger partial charge in [0.1, 0.15) is 5.82 Å². The second-order valence-corrected chi connectivity index (χ2v) is 5.74. The van der Waals surface area contributed by atoms with E-state index >= 15 is 0 Å². The molecule has 1 amide bonds. The van der Waals surface area contributed by atoms with Crippen LogP contribution in [0.4, 0.5) is 23.2 Å². The van der Waals surface area contributed by atoms with Crippen molar-refractivity contribution in [1.29, 1.82) is 0 Å².